The zero-order valence-corrected chi connectivity index (χ0v) is 14.0. The van der Waals surface area contributed by atoms with Crippen molar-refractivity contribution in [2.45, 2.75) is 19.9 Å². The number of para-hydroxylation sites is 1. The molecule has 0 saturated carbocycles. The highest BCUT2D eigenvalue weighted by Gasteiger charge is 2.16. The van der Waals surface area contributed by atoms with Crippen LogP contribution in [0.5, 0.6) is 0 Å². The van der Waals surface area contributed by atoms with Gasteiger partial charge in [-0.05, 0) is 36.1 Å². The molecule has 0 unspecified atom stereocenters. The number of benzene rings is 1. The lowest BCUT2D eigenvalue weighted by molar-refractivity contribution is 0.690. The molecule has 0 radical (unpaired) electrons. The third-order valence-corrected chi connectivity index (χ3v) is 5.65. The van der Waals surface area contributed by atoms with E-state index in [0.717, 1.165) is 23.5 Å². The SMILES string of the molecule is CCCn1ccc(-c2nc3ccccc3s2)c1-c1cccs1. The van der Waals surface area contributed by atoms with E-state index in [1.807, 2.05) is 6.07 Å². The number of thiazole rings is 1. The molecular weight excluding hydrogens is 308 g/mol. The van der Waals surface area contributed by atoms with E-state index in [1.54, 1.807) is 22.7 Å². The summed E-state index contributed by atoms with van der Waals surface area (Å²) in [5.74, 6) is 0. The minimum atomic E-state index is 1.04. The Morgan fingerprint density at radius 3 is 2.77 bits per heavy atom. The summed E-state index contributed by atoms with van der Waals surface area (Å²) in [5, 5.41) is 3.25. The molecule has 4 aromatic rings. The van der Waals surface area contributed by atoms with Gasteiger partial charge in [-0.2, -0.15) is 0 Å². The first-order valence-corrected chi connectivity index (χ1v) is 9.15. The van der Waals surface area contributed by atoms with E-state index in [1.165, 1.54) is 20.8 Å². The van der Waals surface area contributed by atoms with Crippen molar-refractivity contribution in [1.29, 1.82) is 0 Å². The summed E-state index contributed by atoms with van der Waals surface area (Å²) < 4.78 is 3.60. The normalized spacial score (nSPS) is 11.3. The molecule has 4 rings (SSSR count). The van der Waals surface area contributed by atoms with Crippen molar-refractivity contribution in [3.63, 3.8) is 0 Å². The molecule has 1 aromatic carbocycles. The van der Waals surface area contributed by atoms with E-state index < -0.39 is 0 Å². The Labute approximate surface area is 137 Å². The van der Waals surface area contributed by atoms with Gasteiger partial charge in [0.2, 0.25) is 0 Å². The lowest BCUT2D eigenvalue weighted by Gasteiger charge is -2.08. The molecule has 0 aliphatic carbocycles. The van der Waals surface area contributed by atoms with Crippen LogP contribution in [0.1, 0.15) is 13.3 Å². The molecule has 0 bridgehead atoms. The monoisotopic (exact) mass is 324 g/mol. The van der Waals surface area contributed by atoms with Crippen LogP contribution < -0.4 is 0 Å². The van der Waals surface area contributed by atoms with E-state index in [2.05, 4.69) is 59.5 Å². The van der Waals surface area contributed by atoms with Gasteiger partial charge in [0.1, 0.15) is 5.01 Å². The van der Waals surface area contributed by atoms with Crippen molar-refractivity contribution in [2.75, 3.05) is 0 Å². The maximum atomic E-state index is 4.84. The first-order chi connectivity index (χ1) is 10.9. The first-order valence-electron chi connectivity index (χ1n) is 7.46. The number of rotatable bonds is 4. The first kappa shape index (κ1) is 13.7. The van der Waals surface area contributed by atoms with Crippen LogP contribution in [0.15, 0.2) is 54.0 Å². The Morgan fingerprint density at radius 1 is 1.09 bits per heavy atom. The molecule has 0 fully saturated rings. The second-order valence-corrected chi connectivity index (χ2v) is 7.21. The van der Waals surface area contributed by atoms with Crippen LogP contribution in [-0.2, 0) is 6.54 Å². The van der Waals surface area contributed by atoms with E-state index in [9.17, 15) is 0 Å². The Balaban J connectivity index is 1.91. The molecule has 0 aliphatic rings. The molecule has 0 N–H and O–H groups in total. The van der Waals surface area contributed by atoms with Gasteiger partial charge in [0.05, 0.1) is 20.8 Å². The van der Waals surface area contributed by atoms with Gasteiger partial charge >= 0.3 is 0 Å². The summed E-state index contributed by atoms with van der Waals surface area (Å²) in [6, 6.07) is 14.9. The minimum Gasteiger partial charge on any atom is -0.346 e. The van der Waals surface area contributed by atoms with E-state index in [0.29, 0.717) is 0 Å². The molecule has 3 aromatic heterocycles. The quantitative estimate of drug-likeness (QED) is 0.457. The topological polar surface area (TPSA) is 17.8 Å². The van der Waals surface area contributed by atoms with Crippen LogP contribution >= 0.6 is 22.7 Å². The second-order valence-electron chi connectivity index (χ2n) is 5.24. The van der Waals surface area contributed by atoms with Gasteiger partial charge in [-0.3, -0.25) is 0 Å². The van der Waals surface area contributed by atoms with Crippen molar-refractivity contribution in [3.8, 4) is 21.1 Å². The summed E-state index contributed by atoms with van der Waals surface area (Å²) in [7, 11) is 0. The Kier molecular flexibility index (Phi) is 3.56. The van der Waals surface area contributed by atoms with Crippen LogP contribution in [0.25, 0.3) is 31.4 Å². The van der Waals surface area contributed by atoms with E-state index >= 15 is 0 Å². The number of hydrogen-bond acceptors (Lipinski definition) is 3. The highest BCUT2D eigenvalue weighted by Crippen LogP contribution is 2.39. The Bertz CT molecular complexity index is 867. The molecule has 0 atom stereocenters. The van der Waals surface area contributed by atoms with Gasteiger partial charge in [-0.25, -0.2) is 4.98 Å². The van der Waals surface area contributed by atoms with Crippen molar-refractivity contribution in [2.24, 2.45) is 0 Å². The number of nitrogens with zero attached hydrogens (tertiary/aromatic N) is 2. The summed E-state index contributed by atoms with van der Waals surface area (Å²) in [4.78, 5) is 6.15. The van der Waals surface area contributed by atoms with Gasteiger partial charge in [0.25, 0.3) is 0 Å². The minimum absolute atomic E-state index is 1.04. The van der Waals surface area contributed by atoms with Crippen molar-refractivity contribution < 1.29 is 0 Å². The summed E-state index contributed by atoms with van der Waals surface area (Å²) in [6.07, 6.45) is 3.33. The van der Waals surface area contributed by atoms with Crippen LogP contribution in [-0.4, -0.2) is 9.55 Å². The molecule has 2 nitrogen and oxygen atoms in total. The van der Waals surface area contributed by atoms with E-state index in [-0.39, 0.29) is 0 Å². The molecule has 0 spiro atoms. The third kappa shape index (κ3) is 2.28. The maximum Gasteiger partial charge on any atom is 0.126 e. The third-order valence-electron chi connectivity index (χ3n) is 3.71. The second kappa shape index (κ2) is 5.71. The maximum absolute atomic E-state index is 4.84. The van der Waals surface area contributed by atoms with Crippen molar-refractivity contribution in [3.05, 3.63) is 54.0 Å². The van der Waals surface area contributed by atoms with Gasteiger partial charge in [0, 0.05) is 18.3 Å². The fourth-order valence-corrected chi connectivity index (χ4v) is 4.54. The lowest BCUT2D eigenvalue weighted by Crippen LogP contribution is -1.97. The smallest absolute Gasteiger partial charge is 0.126 e. The standard InChI is InChI=1S/C18H16N2S2/c1-2-10-20-11-9-13(17(20)16-8-5-12-21-16)18-19-14-6-3-4-7-15(14)22-18/h3-9,11-12H,2,10H2,1H3. The Morgan fingerprint density at radius 2 is 2.00 bits per heavy atom. The summed E-state index contributed by atoms with van der Waals surface area (Å²) >= 11 is 3.57. The van der Waals surface area contributed by atoms with Crippen molar-refractivity contribution in [1.82, 2.24) is 9.55 Å². The molecule has 3 heterocycles. The Hall–Kier alpha value is -1.91. The molecule has 4 heteroatoms. The van der Waals surface area contributed by atoms with Gasteiger partial charge in [0.15, 0.2) is 0 Å². The average Bonchev–Trinajstić information content (AvgIpc) is 3.25. The molecule has 0 amide bonds. The number of aromatic nitrogens is 2. The highest BCUT2D eigenvalue weighted by atomic mass is 32.1. The van der Waals surface area contributed by atoms with Crippen LogP contribution in [0.2, 0.25) is 0 Å². The van der Waals surface area contributed by atoms with Crippen LogP contribution in [0.3, 0.4) is 0 Å². The number of fused-ring (bicyclic) bond motifs is 1. The molecule has 0 saturated heterocycles. The largest absolute Gasteiger partial charge is 0.346 e. The molecule has 0 aliphatic heterocycles. The molecule has 22 heavy (non-hydrogen) atoms. The number of thiophene rings is 1. The predicted molar refractivity (Wildman–Crippen MR) is 96.7 cm³/mol. The fraction of sp³-hybridized carbons (Fsp3) is 0.167. The molecule has 110 valence electrons. The van der Waals surface area contributed by atoms with E-state index in [4.69, 9.17) is 4.98 Å². The predicted octanol–water partition coefficient (Wildman–Crippen LogP) is 5.90. The van der Waals surface area contributed by atoms with Crippen LogP contribution in [0.4, 0.5) is 0 Å². The highest BCUT2D eigenvalue weighted by molar-refractivity contribution is 7.21. The zero-order valence-electron chi connectivity index (χ0n) is 12.3. The number of aryl methyl sites for hydroxylation is 1. The fourth-order valence-electron chi connectivity index (χ4n) is 2.75. The summed E-state index contributed by atoms with van der Waals surface area (Å²) in [6.45, 7) is 3.26. The van der Waals surface area contributed by atoms with Crippen molar-refractivity contribution >= 4 is 32.9 Å². The average molecular weight is 324 g/mol. The van der Waals surface area contributed by atoms with Crippen LogP contribution in [0, 0.1) is 0 Å². The zero-order chi connectivity index (χ0) is 14.9. The number of hydrogen-bond donors (Lipinski definition) is 0. The van der Waals surface area contributed by atoms with Gasteiger partial charge < -0.3 is 4.57 Å². The molecular formula is C18H16N2S2. The van der Waals surface area contributed by atoms with Gasteiger partial charge in [-0.1, -0.05) is 25.1 Å². The van der Waals surface area contributed by atoms with Gasteiger partial charge in [-0.15, -0.1) is 22.7 Å². The summed E-state index contributed by atoms with van der Waals surface area (Å²) in [5.41, 5.74) is 3.64. The lowest BCUT2D eigenvalue weighted by atomic mass is 10.2.